The number of hydrogen-bond acceptors (Lipinski definition) is 8. The van der Waals surface area contributed by atoms with Gasteiger partial charge in [0.1, 0.15) is 18.7 Å². The molecule has 0 saturated heterocycles. The number of esters is 1. The number of ether oxygens (including phenoxy) is 1. The summed E-state index contributed by atoms with van der Waals surface area (Å²) in [6.07, 6.45) is -0.292. The number of amides is 1. The molecule has 0 radical (unpaired) electrons. The highest BCUT2D eigenvalue weighted by molar-refractivity contribution is 5.84. The number of hydrogen-bond donors (Lipinski definition) is 6. The molecule has 1 aromatic carbocycles. The van der Waals surface area contributed by atoms with Crippen LogP contribution in [-0.4, -0.2) is 58.4 Å². The predicted octanol–water partition coefficient (Wildman–Crippen LogP) is -1.57. The summed E-state index contributed by atoms with van der Waals surface area (Å²) in [5.41, 5.74) is 11.4. The zero-order chi connectivity index (χ0) is 19.0. The van der Waals surface area contributed by atoms with E-state index in [0.29, 0.717) is 5.56 Å². The van der Waals surface area contributed by atoms with Crippen LogP contribution in [0.3, 0.4) is 0 Å². The minimum Gasteiger partial charge on any atom is -0.504 e. The summed E-state index contributed by atoms with van der Waals surface area (Å²) in [6, 6.07) is 1.79. The van der Waals surface area contributed by atoms with Crippen LogP contribution in [0.5, 0.6) is 11.5 Å². The number of nitrogens with two attached hydrogens (primary N) is 2. The second-order valence-corrected chi connectivity index (χ2v) is 5.30. The molecule has 0 heterocycles. The first-order valence-electron chi connectivity index (χ1n) is 7.39. The molecule has 0 bridgehead atoms. The lowest BCUT2D eigenvalue weighted by Gasteiger charge is -2.13. The molecule has 1 amide bonds. The third-order valence-electron chi connectivity index (χ3n) is 3.19. The summed E-state index contributed by atoms with van der Waals surface area (Å²) < 4.78 is 4.89. The minimum atomic E-state index is -1.29. The molecule has 8 N–H and O–H groups in total. The molecule has 0 aromatic heterocycles. The van der Waals surface area contributed by atoms with Crippen molar-refractivity contribution in [3.05, 3.63) is 23.8 Å². The molecule has 138 valence electrons. The van der Waals surface area contributed by atoms with Crippen LogP contribution >= 0.6 is 0 Å². The summed E-state index contributed by atoms with van der Waals surface area (Å²) in [6.45, 7) is -0.148. The van der Waals surface area contributed by atoms with Crippen LogP contribution in [0.25, 0.3) is 0 Å². The Morgan fingerprint density at radius 2 is 1.80 bits per heavy atom. The molecule has 10 heteroatoms. The first-order chi connectivity index (χ1) is 11.7. The van der Waals surface area contributed by atoms with Gasteiger partial charge in [-0.25, -0.2) is 0 Å². The molecular formula is C15H21N3O7. The standard InChI is InChI=1S/C15H21N3O7/c16-9(14(22)23)7-13(21)18-3-4-25-15(24)10(17)5-8-1-2-11(19)12(20)6-8/h1-2,6,9-10,19-20H,3-5,7,16-17H2,(H,18,21)(H,22,23). The van der Waals surface area contributed by atoms with Crippen LogP contribution in [-0.2, 0) is 25.5 Å². The maximum absolute atomic E-state index is 11.7. The monoisotopic (exact) mass is 355 g/mol. The Bertz CT molecular complexity index is 636. The molecule has 2 atom stereocenters. The Morgan fingerprint density at radius 1 is 1.12 bits per heavy atom. The van der Waals surface area contributed by atoms with Crippen LogP contribution in [0.1, 0.15) is 12.0 Å². The second-order valence-electron chi connectivity index (χ2n) is 5.30. The smallest absolute Gasteiger partial charge is 0.323 e. The summed E-state index contributed by atoms with van der Waals surface area (Å²) in [5, 5.41) is 29.5. The zero-order valence-electron chi connectivity index (χ0n) is 13.3. The number of carboxylic acids is 1. The molecule has 0 saturated carbocycles. The molecular weight excluding hydrogens is 334 g/mol. The van der Waals surface area contributed by atoms with Gasteiger partial charge in [0.05, 0.1) is 13.0 Å². The Kier molecular flexibility index (Phi) is 7.63. The fourth-order valence-electron chi connectivity index (χ4n) is 1.84. The van der Waals surface area contributed by atoms with Crippen LogP contribution < -0.4 is 16.8 Å². The first-order valence-corrected chi connectivity index (χ1v) is 7.39. The zero-order valence-corrected chi connectivity index (χ0v) is 13.3. The van der Waals surface area contributed by atoms with Gasteiger partial charge in [-0.2, -0.15) is 0 Å². The number of phenols is 2. The van der Waals surface area contributed by atoms with E-state index in [9.17, 15) is 24.6 Å². The highest BCUT2D eigenvalue weighted by Gasteiger charge is 2.18. The van der Waals surface area contributed by atoms with E-state index in [0.717, 1.165) is 0 Å². The quantitative estimate of drug-likeness (QED) is 0.173. The van der Waals surface area contributed by atoms with Crippen molar-refractivity contribution < 1.29 is 34.4 Å². The van der Waals surface area contributed by atoms with Gasteiger partial charge in [0, 0.05) is 0 Å². The lowest BCUT2D eigenvalue weighted by Crippen LogP contribution is -2.39. The van der Waals surface area contributed by atoms with Crippen molar-refractivity contribution in [1.29, 1.82) is 0 Å². The molecule has 0 aliphatic heterocycles. The average Bonchev–Trinajstić information content (AvgIpc) is 2.54. The maximum atomic E-state index is 11.7. The number of phenolic OH excluding ortho intramolecular Hbond substituents is 2. The van der Waals surface area contributed by atoms with Crippen LogP contribution in [0.15, 0.2) is 18.2 Å². The number of benzene rings is 1. The van der Waals surface area contributed by atoms with Crippen LogP contribution in [0, 0.1) is 0 Å². The summed E-state index contributed by atoms with van der Waals surface area (Å²) >= 11 is 0. The molecule has 2 unspecified atom stereocenters. The Balaban J connectivity index is 2.30. The largest absolute Gasteiger partial charge is 0.504 e. The van der Waals surface area contributed by atoms with Crippen molar-refractivity contribution >= 4 is 17.8 Å². The van der Waals surface area contributed by atoms with E-state index < -0.39 is 29.9 Å². The highest BCUT2D eigenvalue weighted by Crippen LogP contribution is 2.25. The van der Waals surface area contributed by atoms with Crippen molar-refractivity contribution in [2.45, 2.75) is 24.9 Å². The van der Waals surface area contributed by atoms with Gasteiger partial charge in [-0.3, -0.25) is 14.4 Å². The van der Waals surface area contributed by atoms with Crippen molar-refractivity contribution in [2.24, 2.45) is 11.5 Å². The number of carbonyl (C=O) groups excluding carboxylic acids is 2. The third kappa shape index (κ3) is 7.06. The molecule has 10 nitrogen and oxygen atoms in total. The van der Waals surface area contributed by atoms with Gasteiger partial charge in [0.15, 0.2) is 11.5 Å². The number of carboxylic acid groups (broad SMARTS) is 1. The van der Waals surface area contributed by atoms with E-state index >= 15 is 0 Å². The molecule has 0 aliphatic rings. The molecule has 1 rings (SSSR count). The van der Waals surface area contributed by atoms with E-state index in [-0.39, 0.29) is 37.5 Å². The summed E-state index contributed by atoms with van der Waals surface area (Å²) in [4.78, 5) is 33.6. The first kappa shape index (κ1) is 20.2. The van der Waals surface area contributed by atoms with E-state index in [4.69, 9.17) is 21.3 Å². The van der Waals surface area contributed by atoms with Gasteiger partial charge in [0.2, 0.25) is 5.91 Å². The van der Waals surface area contributed by atoms with Gasteiger partial charge in [0.25, 0.3) is 0 Å². The Labute approximate surface area is 143 Å². The van der Waals surface area contributed by atoms with Crippen LogP contribution in [0.4, 0.5) is 0 Å². The summed E-state index contributed by atoms with van der Waals surface area (Å²) in [5.74, 6) is -3.16. The molecule has 0 aliphatic carbocycles. The second kappa shape index (κ2) is 9.45. The van der Waals surface area contributed by atoms with Crippen molar-refractivity contribution in [3.8, 4) is 11.5 Å². The van der Waals surface area contributed by atoms with Crippen molar-refractivity contribution in [1.82, 2.24) is 5.32 Å². The van der Waals surface area contributed by atoms with Crippen molar-refractivity contribution in [2.75, 3.05) is 13.2 Å². The van der Waals surface area contributed by atoms with Gasteiger partial charge < -0.3 is 36.8 Å². The average molecular weight is 355 g/mol. The SMILES string of the molecule is NC(CC(=O)NCCOC(=O)C(N)Cc1ccc(O)c(O)c1)C(=O)O. The van der Waals surface area contributed by atoms with Gasteiger partial charge in [-0.15, -0.1) is 0 Å². The van der Waals surface area contributed by atoms with E-state index in [2.05, 4.69) is 5.32 Å². The number of rotatable bonds is 9. The highest BCUT2D eigenvalue weighted by atomic mass is 16.5. The number of nitrogens with one attached hydrogen (secondary N) is 1. The molecule has 25 heavy (non-hydrogen) atoms. The molecule has 0 spiro atoms. The minimum absolute atomic E-state index is 0.0103. The molecule has 1 aromatic rings. The van der Waals surface area contributed by atoms with Gasteiger partial charge in [-0.05, 0) is 24.1 Å². The number of aliphatic carboxylic acids is 1. The topological polar surface area (TPSA) is 185 Å². The van der Waals surface area contributed by atoms with E-state index in [1.54, 1.807) is 0 Å². The van der Waals surface area contributed by atoms with Crippen molar-refractivity contribution in [3.63, 3.8) is 0 Å². The Morgan fingerprint density at radius 3 is 2.40 bits per heavy atom. The lowest BCUT2D eigenvalue weighted by molar-refractivity contribution is -0.145. The molecule has 0 fully saturated rings. The summed E-state index contributed by atoms with van der Waals surface area (Å²) in [7, 11) is 0. The van der Waals surface area contributed by atoms with Gasteiger partial charge >= 0.3 is 11.9 Å². The lowest BCUT2D eigenvalue weighted by atomic mass is 10.1. The van der Waals surface area contributed by atoms with Crippen LogP contribution in [0.2, 0.25) is 0 Å². The van der Waals surface area contributed by atoms with Gasteiger partial charge in [-0.1, -0.05) is 6.07 Å². The fourth-order valence-corrected chi connectivity index (χ4v) is 1.84. The predicted molar refractivity (Wildman–Crippen MR) is 85.6 cm³/mol. The number of aromatic hydroxyl groups is 2. The Hall–Kier alpha value is -2.85. The fraction of sp³-hybridized carbons (Fsp3) is 0.400. The van der Waals surface area contributed by atoms with E-state index in [1.807, 2.05) is 0 Å². The van der Waals surface area contributed by atoms with E-state index in [1.165, 1.54) is 18.2 Å². The normalized spacial score (nSPS) is 12.9. The third-order valence-corrected chi connectivity index (χ3v) is 3.19. The maximum Gasteiger partial charge on any atom is 0.323 e. The number of carbonyl (C=O) groups is 3.